The zero-order valence-electron chi connectivity index (χ0n) is 14.0. The van der Waals surface area contributed by atoms with Crippen molar-refractivity contribution >= 4 is 46.5 Å². The van der Waals surface area contributed by atoms with Crippen molar-refractivity contribution in [3.05, 3.63) is 45.9 Å². The highest BCUT2D eigenvalue weighted by Crippen LogP contribution is 2.29. The molecule has 2 aromatic rings. The van der Waals surface area contributed by atoms with Gasteiger partial charge in [-0.3, -0.25) is 4.79 Å². The lowest BCUT2D eigenvalue weighted by Crippen LogP contribution is -2.21. The molecule has 0 spiro atoms. The molecule has 0 radical (unpaired) electrons. The molecular weight excluding hydrogens is 383 g/mol. The molecule has 0 bridgehead atoms. The molecule has 2 rings (SSSR count). The number of halogens is 2. The Morgan fingerprint density at radius 2 is 1.85 bits per heavy atom. The molecular formula is C17H16Cl2N2O5. The van der Waals surface area contributed by atoms with Crippen molar-refractivity contribution in [1.82, 2.24) is 0 Å². The number of nitrogens with one attached hydrogen (secondary N) is 1. The fraction of sp³-hybridized carbons (Fsp3) is 0.176. The van der Waals surface area contributed by atoms with Crippen LogP contribution in [-0.2, 0) is 9.53 Å². The van der Waals surface area contributed by atoms with E-state index in [1.165, 1.54) is 26.4 Å². The predicted molar refractivity (Wildman–Crippen MR) is 99.3 cm³/mol. The molecule has 26 heavy (non-hydrogen) atoms. The molecule has 0 aromatic heterocycles. The Hall–Kier alpha value is -2.64. The van der Waals surface area contributed by atoms with Crippen molar-refractivity contribution < 1.29 is 23.8 Å². The monoisotopic (exact) mass is 398 g/mol. The summed E-state index contributed by atoms with van der Waals surface area (Å²) in [5.41, 5.74) is 6.14. The zero-order valence-corrected chi connectivity index (χ0v) is 15.5. The minimum atomic E-state index is -0.816. The topological polar surface area (TPSA) is 99.9 Å². The molecule has 2 aromatic carbocycles. The summed E-state index contributed by atoms with van der Waals surface area (Å²) in [7, 11) is 2.97. The first kappa shape index (κ1) is 19.7. The van der Waals surface area contributed by atoms with Crippen LogP contribution in [0.1, 0.15) is 10.4 Å². The van der Waals surface area contributed by atoms with Gasteiger partial charge >= 0.3 is 5.97 Å². The van der Waals surface area contributed by atoms with Crippen LogP contribution in [0.5, 0.6) is 11.5 Å². The van der Waals surface area contributed by atoms with Crippen LogP contribution in [0.2, 0.25) is 10.0 Å². The number of ether oxygens (including phenoxy) is 3. The minimum Gasteiger partial charge on any atom is -0.497 e. The highest BCUT2D eigenvalue weighted by Gasteiger charge is 2.17. The van der Waals surface area contributed by atoms with Gasteiger partial charge in [0, 0.05) is 11.1 Å². The van der Waals surface area contributed by atoms with Crippen molar-refractivity contribution in [3.63, 3.8) is 0 Å². The second-order valence-corrected chi connectivity index (χ2v) is 5.88. The Kier molecular flexibility index (Phi) is 6.54. The number of esters is 1. The van der Waals surface area contributed by atoms with Crippen LogP contribution in [0, 0.1) is 0 Å². The number of carbonyl (C=O) groups excluding carboxylic acids is 2. The van der Waals surface area contributed by atoms with E-state index in [4.69, 9.17) is 43.1 Å². The van der Waals surface area contributed by atoms with Crippen LogP contribution >= 0.6 is 23.2 Å². The number of nitrogen functional groups attached to an aromatic ring is 1. The van der Waals surface area contributed by atoms with Gasteiger partial charge in [0.05, 0.1) is 36.2 Å². The number of nitrogens with two attached hydrogens (primary N) is 1. The van der Waals surface area contributed by atoms with E-state index < -0.39 is 18.5 Å². The van der Waals surface area contributed by atoms with Gasteiger partial charge in [-0.15, -0.1) is 0 Å². The van der Waals surface area contributed by atoms with Crippen LogP contribution < -0.4 is 20.5 Å². The second kappa shape index (κ2) is 8.64. The van der Waals surface area contributed by atoms with Gasteiger partial charge in [-0.25, -0.2) is 4.79 Å². The maximum Gasteiger partial charge on any atom is 0.340 e. The van der Waals surface area contributed by atoms with E-state index in [2.05, 4.69) is 5.32 Å². The zero-order chi connectivity index (χ0) is 19.3. The summed E-state index contributed by atoms with van der Waals surface area (Å²) in [6, 6.07) is 7.58. The van der Waals surface area contributed by atoms with E-state index in [0.717, 1.165) is 0 Å². The van der Waals surface area contributed by atoms with Gasteiger partial charge in [0.25, 0.3) is 5.91 Å². The largest absolute Gasteiger partial charge is 0.497 e. The number of anilines is 2. The molecule has 0 aliphatic carbocycles. The highest BCUT2D eigenvalue weighted by molar-refractivity contribution is 6.37. The van der Waals surface area contributed by atoms with E-state index in [1.54, 1.807) is 18.2 Å². The van der Waals surface area contributed by atoms with Gasteiger partial charge in [-0.05, 0) is 24.3 Å². The Balaban J connectivity index is 2.02. The Labute approximate surface area is 159 Å². The lowest BCUT2D eigenvalue weighted by Gasteiger charge is -2.12. The molecule has 0 heterocycles. The van der Waals surface area contributed by atoms with Gasteiger partial charge in [-0.2, -0.15) is 0 Å². The number of rotatable bonds is 6. The van der Waals surface area contributed by atoms with E-state index in [1.807, 2.05) is 0 Å². The molecule has 0 saturated carbocycles. The number of hydrogen-bond acceptors (Lipinski definition) is 6. The van der Waals surface area contributed by atoms with Crippen molar-refractivity contribution in [2.75, 3.05) is 31.9 Å². The molecule has 9 heteroatoms. The van der Waals surface area contributed by atoms with E-state index >= 15 is 0 Å². The van der Waals surface area contributed by atoms with E-state index in [-0.39, 0.29) is 21.3 Å². The summed E-state index contributed by atoms with van der Waals surface area (Å²) < 4.78 is 15.2. The van der Waals surface area contributed by atoms with Crippen molar-refractivity contribution in [3.8, 4) is 11.5 Å². The average Bonchev–Trinajstić information content (AvgIpc) is 2.62. The fourth-order valence-corrected chi connectivity index (χ4v) is 2.54. The molecule has 0 atom stereocenters. The Morgan fingerprint density at radius 3 is 2.50 bits per heavy atom. The fourth-order valence-electron chi connectivity index (χ4n) is 2.05. The van der Waals surface area contributed by atoms with Crippen molar-refractivity contribution in [2.45, 2.75) is 0 Å². The number of hydrogen-bond donors (Lipinski definition) is 2. The third-order valence-electron chi connectivity index (χ3n) is 3.33. The van der Waals surface area contributed by atoms with Gasteiger partial charge in [0.1, 0.15) is 11.5 Å². The average molecular weight is 399 g/mol. The smallest absolute Gasteiger partial charge is 0.340 e. The summed E-state index contributed by atoms with van der Waals surface area (Å²) >= 11 is 11.7. The predicted octanol–water partition coefficient (Wildman–Crippen LogP) is 3.39. The van der Waals surface area contributed by atoms with Gasteiger partial charge in [0.2, 0.25) is 0 Å². The third-order valence-corrected chi connectivity index (χ3v) is 3.86. The number of amides is 1. The van der Waals surface area contributed by atoms with Crippen molar-refractivity contribution in [1.29, 1.82) is 0 Å². The maximum absolute atomic E-state index is 12.1. The summed E-state index contributed by atoms with van der Waals surface area (Å²) in [4.78, 5) is 24.1. The van der Waals surface area contributed by atoms with Crippen LogP contribution in [-0.4, -0.2) is 32.7 Å². The highest BCUT2D eigenvalue weighted by atomic mass is 35.5. The quantitative estimate of drug-likeness (QED) is 0.571. The molecule has 3 N–H and O–H groups in total. The maximum atomic E-state index is 12.1. The molecule has 0 aliphatic rings. The lowest BCUT2D eigenvalue weighted by molar-refractivity contribution is -0.119. The van der Waals surface area contributed by atoms with Gasteiger partial charge in [0.15, 0.2) is 6.61 Å². The Bertz CT molecular complexity index is 842. The number of carbonyl (C=O) groups is 2. The molecule has 0 aliphatic heterocycles. The molecule has 1 amide bonds. The molecule has 138 valence electrons. The van der Waals surface area contributed by atoms with Gasteiger partial charge in [-0.1, -0.05) is 23.2 Å². The second-order valence-electron chi connectivity index (χ2n) is 5.04. The normalized spacial score (nSPS) is 10.2. The summed E-state index contributed by atoms with van der Waals surface area (Å²) in [6.45, 7) is -0.530. The third kappa shape index (κ3) is 4.71. The van der Waals surface area contributed by atoms with E-state index in [9.17, 15) is 9.59 Å². The number of methoxy groups -OCH3 is 2. The standard InChI is InChI=1S/C17H16Cl2N2O5/c1-24-10-3-4-13(14(7-10)25-2)21-15(22)8-26-17(23)11-5-9(18)6-12(19)16(11)20/h3-7H,8,20H2,1-2H3,(H,21,22). The molecule has 0 fully saturated rings. The van der Waals surface area contributed by atoms with Crippen molar-refractivity contribution in [2.24, 2.45) is 0 Å². The summed E-state index contributed by atoms with van der Waals surface area (Å²) in [5.74, 6) is -0.410. The lowest BCUT2D eigenvalue weighted by atomic mass is 10.2. The Morgan fingerprint density at radius 1 is 1.12 bits per heavy atom. The summed E-state index contributed by atoms with van der Waals surface area (Å²) in [6.07, 6.45) is 0. The molecule has 0 unspecified atom stereocenters. The minimum absolute atomic E-state index is 0.0164. The van der Waals surface area contributed by atoms with E-state index in [0.29, 0.717) is 17.2 Å². The summed E-state index contributed by atoms with van der Waals surface area (Å²) in [5, 5.41) is 2.92. The first-order valence-electron chi connectivity index (χ1n) is 7.29. The first-order chi connectivity index (χ1) is 12.3. The van der Waals surface area contributed by atoms with Crippen LogP contribution in [0.3, 0.4) is 0 Å². The molecule has 0 saturated heterocycles. The van der Waals surface area contributed by atoms with Crippen LogP contribution in [0.15, 0.2) is 30.3 Å². The number of benzene rings is 2. The van der Waals surface area contributed by atoms with Gasteiger partial charge < -0.3 is 25.3 Å². The van der Waals surface area contributed by atoms with Crippen LogP contribution in [0.4, 0.5) is 11.4 Å². The molecule has 7 nitrogen and oxygen atoms in total. The SMILES string of the molecule is COc1ccc(NC(=O)COC(=O)c2cc(Cl)cc(Cl)c2N)c(OC)c1. The van der Waals surface area contributed by atoms with Crippen LogP contribution in [0.25, 0.3) is 0 Å². The first-order valence-corrected chi connectivity index (χ1v) is 8.04.